The second-order valence-corrected chi connectivity index (χ2v) is 6.90. The van der Waals surface area contributed by atoms with E-state index in [0.717, 1.165) is 38.0 Å². The number of rotatable bonds is 3. The zero-order valence-electron chi connectivity index (χ0n) is 12.7. The minimum absolute atomic E-state index is 0.0578. The van der Waals surface area contributed by atoms with Gasteiger partial charge >= 0.3 is 0 Å². The molecule has 0 unspecified atom stereocenters. The topological polar surface area (TPSA) is 36.4 Å². The van der Waals surface area contributed by atoms with Gasteiger partial charge in [0.15, 0.2) is 0 Å². The zero-order valence-corrected chi connectivity index (χ0v) is 13.5. The monoisotopic (exact) mass is 331 g/mol. The van der Waals surface area contributed by atoms with Crippen LogP contribution >= 0.6 is 11.3 Å². The number of amides is 1. The molecule has 0 bridgehead atoms. The van der Waals surface area contributed by atoms with Gasteiger partial charge in [0.2, 0.25) is 0 Å². The van der Waals surface area contributed by atoms with Crippen molar-refractivity contribution in [2.75, 3.05) is 13.1 Å². The molecule has 0 radical (unpaired) electrons. The van der Waals surface area contributed by atoms with Crippen molar-refractivity contribution in [1.82, 2.24) is 14.8 Å². The van der Waals surface area contributed by atoms with Gasteiger partial charge in [-0.15, -0.1) is 11.3 Å². The van der Waals surface area contributed by atoms with Gasteiger partial charge in [-0.2, -0.15) is 0 Å². The third-order valence-electron chi connectivity index (χ3n) is 4.90. The number of nitrogens with zero attached hydrogens (tertiary/aromatic N) is 3. The molecule has 2 fully saturated rings. The number of carbonyl (C=O) groups is 1. The molecule has 2 aromatic rings. The van der Waals surface area contributed by atoms with E-state index in [0.29, 0.717) is 11.7 Å². The third kappa shape index (κ3) is 2.77. The van der Waals surface area contributed by atoms with Crippen LogP contribution in [-0.2, 0) is 6.54 Å². The molecule has 0 N–H and O–H groups in total. The number of thiazole rings is 1. The van der Waals surface area contributed by atoms with Crippen LogP contribution in [0.1, 0.15) is 28.9 Å². The van der Waals surface area contributed by atoms with Gasteiger partial charge in [0.05, 0.1) is 5.51 Å². The van der Waals surface area contributed by atoms with Crippen molar-refractivity contribution in [1.29, 1.82) is 0 Å². The third-order valence-corrected chi connectivity index (χ3v) is 5.49. The Labute approximate surface area is 138 Å². The van der Waals surface area contributed by atoms with E-state index in [2.05, 4.69) is 9.88 Å². The maximum atomic E-state index is 13.0. The van der Waals surface area contributed by atoms with Crippen molar-refractivity contribution in [2.24, 2.45) is 0 Å². The van der Waals surface area contributed by atoms with Gasteiger partial charge < -0.3 is 4.90 Å². The highest BCUT2D eigenvalue weighted by Gasteiger charge is 2.44. The maximum Gasteiger partial charge on any atom is 0.273 e. The summed E-state index contributed by atoms with van der Waals surface area (Å²) in [5.41, 5.74) is 3.39. The van der Waals surface area contributed by atoms with Crippen LogP contribution in [0.15, 0.2) is 35.2 Å². The molecule has 2 saturated heterocycles. The first-order chi connectivity index (χ1) is 11.2. The lowest BCUT2D eigenvalue weighted by molar-refractivity contribution is 0.0727. The van der Waals surface area contributed by atoms with Crippen LogP contribution in [0.25, 0.3) is 0 Å². The molecule has 1 aromatic carbocycles. The molecule has 4 nitrogen and oxygen atoms in total. The van der Waals surface area contributed by atoms with Crippen LogP contribution in [0.5, 0.6) is 0 Å². The Morgan fingerprint density at radius 1 is 1.22 bits per heavy atom. The lowest BCUT2D eigenvalue weighted by atomic mass is 10.1. The molecular formula is C17H18FN3OS. The van der Waals surface area contributed by atoms with Crippen molar-refractivity contribution >= 4 is 17.2 Å². The van der Waals surface area contributed by atoms with Crippen molar-refractivity contribution < 1.29 is 9.18 Å². The fourth-order valence-electron chi connectivity index (χ4n) is 3.81. The predicted molar refractivity (Wildman–Crippen MR) is 86.8 cm³/mol. The van der Waals surface area contributed by atoms with Gasteiger partial charge in [-0.3, -0.25) is 9.69 Å². The second-order valence-electron chi connectivity index (χ2n) is 6.18. The predicted octanol–water partition coefficient (Wildman–Crippen LogP) is 2.77. The summed E-state index contributed by atoms with van der Waals surface area (Å²) in [5.74, 6) is -0.142. The summed E-state index contributed by atoms with van der Waals surface area (Å²) < 4.78 is 13.0. The van der Waals surface area contributed by atoms with Crippen LogP contribution in [-0.4, -0.2) is 45.9 Å². The number of likely N-dealkylation sites (tertiary alicyclic amines) is 2. The lowest BCUT2D eigenvalue weighted by Crippen LogP contribution is -2.39. The van der Waals surface area contributed by atoms with Gasteiger partial charge in [-0.1, -0.05) is 12.1 Å². The molecule has 3 heterocycles. The fourth-order valence-corrected chi connectivity index (χ4v) is 4.34. The number of halogens is 1. The van der Waals surface area contributed by atoms with E-state index >= 15 is 0 Å². The molecule has 2 atom stereocenters. The van der Waals surface area contributed by atoms with E-state index in [1.54, 1.807) is 5.51 Å². The molecule has 6 heteroatoms. The first kappa shape index (κ1) is 14.8. The molecule has 4 rings (SSSR count). The van der Waals surface area contributed by atoms with Gasteiger partial charge in [-0.25, -0.2) is 9.37 Å². The van der Waals surface area contributed by atoms with E-state index in [4.69, 9.17) is 0 Å². The Balaban J connectivity index is 1.45. The summed E-state index contributed by atoms with van der Waals surface area (Å²) >= 11 is 1.46. The number of hydrogen-bond donors (Lipinski definition) is 0. The van der Waals surface area contributed by atoms with Crippen LogP contribution in [0.2, 0.25) is 0 Å². The minimum Gasteiger partial charge on any atom is -0.333 e. The molecule has 0 spiro atoms. The van der Waals surface area contributed by atoms with Crippen molar-refractivity contribution in [3.8, 4) is 0 Å². The highest BCUT2D eigenvalue weighted by atomic mass is 32.1. The molecule has 2 aliphatic rings. The summed E-state index contributed by atoms with van der Waals surface area (Å²) in [7, 11) is 0. The van der Waals surface area contributed by atoms with Gasteiger partial charge in [0.25, 0.3) is 5.91 Å². The molecular weight excluding hydrogens is 313 g/mol. The molecule has 2 aliphatic heterocycles. The van der Waals surface area contributed by atoms with E-state index in [1.807, 2.05) is 22.4 Å². The normalized spacial score (nSPS) is 24.1. The average molecular weight is 331 g/mol. The Hall–Kier alpha value is -1.79. The number of hydrogen-bond acceptors (Lipinski definition) is 4. The number of aromatic nitrogens is 1. The Kier molecular flexibility index (Phi) is 3.87. The largest absolute Gasteiger partial charge is 0.333 e. The summed E-state index contributed by atoms with van der Waals surface area (Å²) in [5, 5.41) is 1.82. The first-order valence-electron chi connectivity index (χ1n) is 7.90. The number of benzene rings is 1. The van der Waals surface area contributed by atoms with Gasteiger partial charge in [-0.05, 0) is 30.5 Å². The molecule has 0 aliphatic carbocycles. The summed E-state index contributed by atoms with van der Waals surface area (Å²) in [4.78, 5) is 21.1. The van der Waals surface area contributed by atoms with E-state index in [9.17, 15) is 9.18 Å². The smallest absolute Gasteiger partial charge is 0.273 e. The Morgan fingerprint density at radius 2 is 2.00 bits per heavy atom. The molecule has 0 saturated carbocycles. The van der Waals surface area contributed by atoms with Crippen molar-refractivity contribution in [3.63, 3.8) is 0 Å². The van der Waals surface area contributed by atoms with Crippen LogP contribution < -0.4 is 0 Å². The standard InChI is InChI=1S/C17H18FN3OS/c18-13-3-1-12(2-4-13)9-20-7-5-16-15(20)6-8-21(16)17(22)14-10-23-11-19-14/h1-4,10-11,15-16H,5-9H2/t15-,16+/m0/s1. The highest BCUT2D eigenvalue weighted by molar-refractivity contribution is 7.07. The highest BCUT2D eigenvalue weighted by Crippen LogP contribution is 2.33. The Bertz CT molecular complexity index is 688. The first-order valence-corrected chi connectivity index (χ1v) is 8.84. The zero-order chi connectivity index (χ0) is 15.8. The Morgan fingerprint density at radius 3 is 2.74 bits per heavy atom. The molecule has 23 heavy (non-hydrogen) atoms. The maximum absolute atomic E-state index is 13.0. The van der Waals surface area contributed by atoms with Crippen molar-refractivity contribution in [3.05, 3.63) is 52.2 Å². The van der Waals surface area contributed by atoms with E-state index in [-0.39, 0.29) is 17.8 Å². The van der Waals surface area contributed by atoms with Gasteiger partial charge in [0.1, 0.15) is 11.5 Å². The van der Waals surface area contributed by atoms with Crippen LogP contribution in [0, 0.1) is 5.82 Å². The van der Waals surface area contributed by atoms with Crippen LogP contribution in [0.4, 0.5) is 4.39 Å². The fraction of sp³-hybridized carbons (Fsp3) is 0.412. The summed E-state index contributed by atoms with van der Waals surface area (Å²) in [6.07, 6.45) is 2.00. The number of fused-ring (bicyclic) bond motifs is 1. The van der Waals surface area contributed by atoms with E-state index < -0.39 is 0 Å². The summed E-state index contributed by atoms with van der Waals surface area (Å²) in [6.45, 7) is 2.60. The van der Waals surface area contributed by atoms with Gasteiger partial charge in [0, 0.05) is 37.1 Å². The van der Waals surface area contributed by atoms with Crippen LogP contribution in [0.3, 0.4) is 0 Å². The number of carbonyl (C=O) groups excluding carboxylic acids is 1. The lowest BCUT2D eigenvalue weighted by Gasteiger charge is -2.25. The average Bonchev–Trinajstić information content (AvgIpc) is 3.27. The minimum atomic E-state index is -0.200. The quantitative estimate of drug-likeness (QED) is 0.868. The molecule has 120 valence electrons. The van der Waals surface area contributed by atoms with Crippen molar-refractivity contribution in [2.45, 2.75) is 31.5 Å². The molecule has 1 amide bonds. The second kappa shape index (κ2) is 6.02. The SMILES string of the molecule is O=C(c1cscn1)N1CC[C@H]2[C@H]1CCN2Cc1ccc(F)cc1. The molecule has 1 aromatic heterocycles. The van der Waals surface area contributed by atoms with E-state index in [1.165, 1.54) is 23.5 Å². The summed E-state index contributed by atoms with van der Waals surface area (Å²) in [6, 6.07) is 7.39.